The predicted molar refractivity (Wildman–Crippen MR) is 112 cm³/mol. The number of piperazine rings is 1. The molecule has 2 amide bonds. The molecule has 30 heavy (non-hydrogen) atoms. The Hall–Kier alpha value is -3.23. The van der Waals surface area contributed by atoms with E-state index in [2.05, 4.69) is 20.8 Å². The van der Waals surface area contributed by atoms with Crippen LogP contribution < -0.4 is 10.9 Å². The number of carbonyl (C=O) groups excluding carboxylic acids is 2. The van der Waals surface area contributed by atoms with E-state index in [0.717, 1.165) is 16.5 Å². The molecule has 1 aromatic carbocycles. The zero-order valence-electron chi connectivity index (χ0n) is 16.5. The molecule has 154 valence electrons. The Kier molecular flexibility index (Phi) is 4.94. The number of rotatable bonds is 3. The number of carbonyl (C=O) groups is 2. The van der Waals surface area contributed by atoms with Crippen LogP contribution in [0.2, 0.25) is 0 Å². The van der Waals surface area contributed by atoms with Gasteiger partial charge in [0, 0.05) is 55.5 Å². The van der Waals surface area contributed by atoms with E-state index in [4.69, 9.17) is 0 Å². The van der Waals surface area contributed by atoms with Crippen molar-refractivity contribution in [3.63, 3.8) is 0 Å². The number of nitrogens with one attached hydrogen (secondary N) is 3. The van der Waals surface area contributed by atoms with Gasteiger partial charge in [-0.15, -0.1) is 0 Å². The monoisotopic (exact) mass is 404 g/mol. The Morgan fingerprint density at radius 1 is 0.933 bits per heavy atom. The Bertz CT molecular complexity index is 1020. The normalized spacial score (nSPS) is 21.9. The van der Waals surface area contributed by atoms with Gasteiger partial charge in [-0.25, -0.2) is 10.9 Å². The number of nitrogens with zero attached hydrogens (tertiary/aromatic N) is 3. The second-order valence-electron chi connectivity index (χ2n) is 7.80. The first-order valence-corrected chi connectivity index (χ1v) is 10.3. The maximum absolute atomic E-state index is 12.9. The van der Waals surface area contributed by atoms with E-state index in [-0.39, 0.29) is 23.9 Å². The van der Waals surface area contributed by atoms with Gasteiger partial charge in [0.1, 0.15) is 11.7 Å². The van der Waals surface area contributed by atoms with Gasteiger partial charge in [0.2, 0.25) is 5.91 Å². The highest BCUT2D eigenvalue weighted by atomic mass is 16.2. The van der Waals surface area contributed by atoms with E-state index in [0.29, 0.717) is 38.3 Å². The minimum atomic E-state index is -0.265. The number of hydrogen-bond acceptors (Lipinski definition) is 5. The Morgan fingerprint density at radius 3 is 2.43 bits per heavy atom. The smallest absolute Gasteiger partial charge is 0.270 e. The van der Waals surface area contributed by atoms with Crippen LogP contribution in [0.5, 0.6) is 0 Å². The Labute approximate surface area is 174 Å². The third-order valence-corrected chi connectivity index (χ3v) is 5.95. The highest BCUT2D eigenvalue weighted by molar-refractivity contribution is 5.98. The van der Waals surface area contributed by atoms with E-state index in [1.807, 2.05) is 52.3 Å². The largest absolute Gasteiger partial charge is 0.351 e. The fourth-order valence-electron chi connectivity index (χ4n) is 4.24. The van der Waals surface area contributed by atoms with Crippen molar-refractivity contribution in [3.05, 3.63) is 66.1 Å². The molecule has 2 atom stereocenters. The number of aromatic nitrogens is 2. The molecule has 8 nitrogen and oxygen atoms in total. The van der Waals surface area contributed by atoms with E-state index in [1.165, 1.54) is 0 Å². The van der Waals surface area contributed by atoms with Crippen LogP contribution in [-0.4, -0.2) is 63.8 Å². The molecule has 0 saturated carbocycles. The van der Waals surface area contributed by atoms with Crippen molar-refractivity contribution >= 4 is 22.7 Å². The summed E-state index contributed by atoms with van der Waals surface area (Å²) in [5.74, 6) is 0.0634. The number of para-hydroxylation sites is 1. The topological polar surface area (TPSA) is 93.4 Å². The number of fused-ring (bicyclic) bond motifs is 1. The van der Waals surface area contributed by atoms with E-state index in [9.17, 15) is 9.59 Å². The molecule has 3 N–H and O–H groups in total. The average molecular weight is 404 g/mol. The molecule has 8 heteroatoms. The average Bonchev–Trinajstić information content (AvgIpc) is 3.46. The fraction of sp³-hybridized carbons (Fsp3) is 0.318. The molecule has 0 aliphatic carbocycles. The number of amides is 2. The van der Waals surface area contributed by atoms with Crippen LogP contribution in [0.15, 0.2) is 54.9 Å². The summed E-state index contributed by atoms with van der Waals surface area (Å²) in [5.41, 5.74) is 9.00. The van der Waals surface area contributed by atoms with Crippen molar-refractivity contribution in [3.8, 4) is 0 Å². The van der Waals surface area contributed by atoms with Crippen LogP contribution in [0.25, 0.3) is 10.9 Å². The molecular formula is C22H24N6O2. The van der Waals surface area contributed by atoms with Crippen molar-refractivity contribution in [2.45, 2.75) is 18.5 Å². The number of hydrogen-bond donors (Lipinski definition) is 3. The minimum absolute atomic E-state index is 0.0169. The molecular weight excluding hydrogens is 380 g/mol. The van der Waals surface area contributed by atoms with Gasteiger partial charge in [-0.3, -0.25) is 14.6 Å². The number of H-pyrrole nitrogens is 1. The highest BCUT2D eigenvalue weighted by Crippen LogP contribution is 2.23. The molecule has 3 aromatic rings. The molecule has 0 bridgehead atoms. The summed E-state index contributed by atoms with van der Waals surface area (Å²) in [4.78, 5) is 36.7. The van der Waals surface area contributed by atoms with Gasteiger partial charge in [0.05, 0.1) is 0 Å². The van der Waals surface area contributed by atoms with Gasteiger partial charge in [0.15, 0.2) is 0 Å². The SMILES string of the molecule is O=C(c1cc2ccccc2[nH]1)N1CCN(C(=O)C2CC(c3ccncc3)NN2)CC1. The molecule has 0 spiro atoms. The van der Waals surface area contributed by atoms with Gasteiger partial charge < -0.3 is 14.8 Å². The first-order valence-electron chi connectivity index (χ1n) is 10.3. The predicted octanol–water partition coefficient (Wildman–Crippen LogP) is 1.46. The van der Waals surface area contributed by atoms with Crippen LogP contribution in [-0.2, 0) is 4.79 Å². The molecule has 2 unspecified atom stereocenters. The van der Waals surface area contributed by atoms with Gasteiger partial charge in [-0.2, -0.15) is 0 Å². The zero-order chi connectivity index (χ0) is 20.5. The lowest BCUT2D eigenvalue weighted by molar-refractivity contribution is -0.134. The standard InChI is InChI=1S/C22H24N6O2/c29-21(19-13-16-3-1-2-4-17(16)24-19)27-9-11-28(12-10-27)22(30)20-14-18(25-26-20)15-5-7-23-8-6-15/h1-8,13,18,20,24-26H,9-12,14H2. The number of hydrazine groups is 1. The van der Waals surface area contributed by atoms with Crippen molar-refractivity contribution in [1.29, 1.82) is 0 Å². The molecule has 0 radical (unpaired) electrons. The van der Waals surface area contributed by atoms with E-state index >= 15 is 0 Å². The van der Waals surface area contributed by atoms with Crippen LogP contribution in [0.3, 0.4) is 0 Å². The third-order valence-electron chi connectivity index (χ3n) is 5.95. The highest BCUT2D eigenvalue weighted by Gasteiger charge is 2.34. The lowest BCUT2D eigenvalue weighted by atomic mass is 10.0. The lowest BCUT2D eigenvalue weighted by Crippen LogP contribution is -2.54. The molecule has 2 saturated heterocycles. The molecule has 5 rings (SSSR count). The van der Waals surface area contributed by atoms with Crippen molar-refractivity contribution in [1.82, 2.24) is 30.6 Å². The maximum Gasteiger partial charge on any atom is 0.270 e. The van der Waals surface area contributed by atoms with E-state index in [1.54, 1.807) is 12.4 Å². The van der Waals surface area contributed by atoms with Gasteiger partial charge in [-0.1, -0.05) is 18.2 Å². The summed E-state index contributed by atoms with van der Waals surface area (Å²) in [6.07, 6.45) is 4.21. The lowest BCUT2D eigenvalue weighted by Gasteiger charge is -2.35. The van der Waals surface area contributed by atoms with Gasteiger partial charge in [0.25, 0.3) is 5.91 Å². The van der Waals surface area contributed by atoms with Crippen molar-refractivity contribution < 1.29 is 9.59 Å². The Morgan fingerprint density at radius 2 is 1.67 bits per heavy atom. The molecule has 2 aliphatic rings. The zero-order valence-corrected chi connectivity index (χ0v) is 16.5. The summed E-state index contributed by atoms with van der Waals surface area (Å²) in [7, 11) is 0. The molecule has 2 aromatic heterocycles. The van der Waals surface area contributed by atoms with Crippen molar-refractivity contribution in [2.75, 3.05) is 26.2 Å². The van der Waals surface area contributed by atoms with Crippen LogP contribution in [0.4, 0.5) is 0 Å². The third kappa shape index (κ3) is 3.55. The summed E-state index contributed by atoms with van der Waals surface area (Å²) in [6.45, 7) is 2.16. The molecule has 2 aliphatic heterocycles. The second-order valence-corrected chi connectivity index (χ2v) is 7.80. The molecule has 4 heterocycles. The quantitative estimate of drug-likeness (QED) is 0.615. The fourth-order valence-corrected chi connectivity index (χ4v) is 4.24. The Balaban J connectivity index is 1.17. The molecule has 2 fully saturated rings. The van der Waals surface area contributed by atoms with E-state index < -0.39 is 0 Å². The van der Waals surface area contributed by atoms with Gasteiger partial charge in [-0.05, 0) is 36.2 Å². The van der Waals surface area contributed by atoms with Crippen LogP contribution >= 0.6 is 0 Å². The first-order chi connectivity index (χ1) is 14.7. The summed E-state index contributed by atoms with van der Waals surface area (Å²) >= 11 is 0. The number of pyridine rings is 1. The summed E-state index contributed by atoms with van der Waals surface area (Å²) in [6, 6.07) is 13.5. The number of benzene rings is 1. The van der Waals surface area contributed by atoms with Crippen molar-refractivity contribution in [2.24, 2.45) is 0 Å². The second kappa shape index (κ2) is 7.89. The summed E-state index contributed by atoms with van der Waals surface area (Å²) < 4.78 is 0. The van der Waals surface area contributed by atoms with Gasteiger partial charge >= 0.3 is 0 Å². The summed E-state index contributed by atoms with van der Waals surface area (Å²) in [5, 5.41) is 1.03. The number of aromatic amines is 1. The van der Waals surface area contributed by atoms with Crippen LogP contribution in [0, 0.1) is 0 Å². The van der Waals surface area contributed by atoms with Crippen LogP contribution in [0.1, 0.15) is 28.5 Å². The first kappa shape index (κ1) is 18.8. The maximum atomic E-state index is 12.9. The minimum Gasteiger partial charge on any atom is -0.351 e.